The summed E-state index contributed by atoms with van der Waals surface area (Å²) in [7, 11) is 0. The average Bonchev–Trinajstić information content (AvgIpc) is 3.52. The number of hydrogen-bond donors (Lipinski definition) is 2. The summed E-state index contributed by atoms with van der Waals surface area (Å²) in [5.74, 6) is 0. The van der Waals surface area contributed by atoms with Crippen LogP contribution in [-0.2, 0) is 0 Å². The van der Waals surface area contributed by atoms with Crippen molar-refractivity contribution in [3.05, 3.63) is 73.6 Å². The molecule has 0 aliphatic carbocycles. The maximum absolute atomic E-state index is 5.25. The Balaban J connectivity index is 1.53. The first-order valence-corrected chi connectivity index (χ1v) is 9.13. The second-order valence-corrected chi connectivity index (χ2v) is 6.72. The highest BCUT2D eigenvalue weighted by molar-refractivity contribution is 5.98. The molecule has 7 heteroatoms. The van der Waals surface area contributed by atoms with Crippen LogP contribution in [0.15, 0.2) is 78.0 Å². The highest BCUT2D eigenvalue weighted by atomic mass is 16.3. The zero-order valence-electron chi connectivity index (χ0n) is 15.1. The molecule has 138 valence electrons. The second-order valence-electron chi connectivity index (χ2n) is 6.72. The lowest BCUT2D eigenvalue weighted by molar-refractivity contribution is 0.568. The molecule has 2 N–H and O–H groups in total. The van der Waals surface area contributed by atoms with Crippen LogP contribution in [0.25, 0.3) is 55.8 Å². The number of aromatic nitrogens is 6. The Morgan fingerprint density at radius 1 is 0.897 bits per heavy atom. The van der Waals surface area contributed by atoms with Gasteiger partial charge in [0.25, 0.3) is 0 Å². The molecule has 0 aromatic carbocycles. The van der Waals surface area contributed by atoms with Gasteiger partial charge >= 0.3 is 0 Å². The minimum Gasteiger partial charge on any atom is -0.472 e. The topological polar surface area (TPSA) is 96.3 Å². The van der Waals surface area contributed by atoms with Crippen LogP contribution < -0.4 is 0 Å². The Labute approximate surface area is 164 Å². The summed E-state index contributed by atoms with van der Waals surface area (Å²) in [6, 6.07) is 13.8. The van der Waals surface area contributed by atoms with Crippen molar-refractivity contribution in [2.75, 3.05) is 0 Å². The van der Waals surface area contributed by atoms with Gasteiger partial charge < -0.3 is 9.40 Å². The van der Waals surface area contributed by atoms with E-state index in [9.17, 15) is 0 Å². The fraction of sp³-hybridized carbons (Fsp3) is 0. The lowest BCUT2D eigenvalue weighted by Crippen LogP contribution is -1.86. The fourth-order valence-electron chi connectivity index (χ4n) is 3.59. The van der Waals surface area contributed by atoms with E-state index in [2.05, 4.69) is 31.2 Å². The first-order chi connectivity index (χ1) is 14.4. The number of hydrogen-bond acceptors (Lipinski definition) is 5. The van der Waals surface area contributed by atoms with E-state index in [-0.39, 0.29) is 0 Å². The van der Waals surface area contributed by atoms with Crippen LogP contribution in [0.4, 0.5) is 0 Å². The molecule has 0 fully saturated rings. The van der Waals surface area contributed by atoms with Gasteiger partial charge in [0, 0.05) is 35.1 Å². The molecule has 0 unspecified atom stereocenters. The van der Waals surface area contributed by atoms with Crippen molar-refractivity contribution in [1.82, 2.24) is 30.1 Å². The van der Waals surface area contributed by atoms with Gasteiger partial charge in [-0.1, -0.05) is 0 Å². The maximum atomic E-state index is 5.25. The van der Waals surface area contributed by atoms with Crippen molar-refractivity contribution in [3.63, 3.8) is 0 Å². The molecule has 0 amide bonds. The number of fused-ring (bicyclic) bond motifs is 2. The fourth-order valence-corrected chi connectivity index (χ4v) is 3.59. The zero-order chi connectivity index (χ0) is 19.2. The van der Waals surface area contributed by atoms with Gasteiger partial charge in [0.05, 0.1) is 29.4 Å². The summed E-state index contributed by atoms with van der Waals surface area (Å²) in [5.41, 5.74) is 8.02. The largest absolute Gasteiger partial charge is 0.472 e. The average molecular weight is 378 g/mol. The van der Waals surface area contributed by atoms with Gasteiger partial charge in [0.2, 0.25) is 0 Å². The van der Waals surface area contributed by atoms with Gasteiger partial charge in [-0.25, -0.2) is 9.97 Å². The van der Waals surface area contributed by atoms with Crippen LogP contribution in [-0.4, -0.2) is 30.1 Å². The lowest BCUT2D eigenvalue weighted by Gasteiger charge is -2.00. The summed E-state index contributed by atoms with van der Waals surface area (Å²) >= 11 is 0. The van der Waals surface area contributed by atoms with E-state index >= 15 is 0 Å². The summed E-state index contributed by atoms with van der Waals surface area (Å²) in [6.07, 6.45) is 8.71. The van der Waals surface area contributed by atoms with Crippen molar-refractivity contribution in [3.8, 4) is 33.8 Å². The van der Waals surface area contributed by atoms with Crippen LogP contribution in [0.3, 0.4) is 0 Å². The molecule has 7 nitrogen and oxygen atoms in total. The third-order valence-electron chi connectivity index (χ3n) is 5.00. The van der Waals surface area contributed by atoms with Crippen LogP contribution in [0.2, 0.25) is 0 Å². The highest BCUT2D eigenvalue weighted by Gasteiger charge is 2.16. The molecule has 6 aromatic heterocycles. The first kappa shape index (κ1) is 15.8. The minimum absolute atomic E-state index is 0.757. The van der Waals surface area contributed by atoms with Crippen molar-refractivity contribution < 1.29 is 4.42 Å². The van der Waals surface area contributed by atoms with Crippen LogP contribution in [0.1, 0.15) is 0 Å². The van der Waals surface area contributed by atoms with E-state index < -0.39 is 0 Å². The SMILES string of the molecule is c1cc(-c2ccc3[nH]nc(-c4cc5c(-c6ccoc6)ccnc5[nH]4)c3n2)ccn1. The number of nitrogens with zero attached hydrogens (tertiary/aromatic N) is 4. The monoisotopic (exact) mass is 378 g/mol. The molecule has 0 saturated carbocycles. The maximum Gasteiger partial charge on any atom is 0.138 e. The summed E-state index contributed by atoms with van der Waals surface area (Å²) in [6.45, 7) is 0. The molecule has 6 aromatic rings. The number of furan rings is 1. The van der Waals surface area contributed by atoms with E-state index in [1.807, 2.05) is 36.4 Å². The van der Waals surface area contributed by atoms with Gasteiger partial charge in [-0.05, 0) is 48.0 Å². The van der Waals surface area contributed by atoms with Crippen LogP contribution in [0, 0.1) is 0 Å². The standard InChI is InChI=1S/C22H14N6O/c1-2-18-20(25-17(1)13-3-7-23-8-4-13)21(28-27-18)19-11-16-15(14-6-10-29-12-14)5-9-24-22(16)26-19/h1-12H,(H,24,26)(H,27,28). The Morgan fingerprint density at radius 3 is 2.69 bits per heavy atom. The molecule has 0 radical (unpaired) electrons. The van der Waals surface area contributed by atoms with E-state index in [4.69, 9.17) is 9.40 Å². The van der Waals surface area contributed by atoms with Gasteiger partial charge in [0.15, 0.2) is 0 Å². The molecule has 29 heavy (non-hydrogen) atoms. The molecular weight excluding hydrogens is 364 g/mol. The third kappa shape index (κ3) is 2.52. The molecule has 6 heterocycles. The van der Waals surface area contributed by atoms with Crippen molar-refractivity contribution in [2.45, 2.75) is 0 Å². The molecule has 0 spiro atoms. The minimum atomic E-state index is 0.757. The second kappa shape index (κ2) is 6.13. The number of aromatic amines is 2. The molecular formula is C22H14N6O. The van der Waals surface area contributed by atoms with Gasteiger partial charge in [-0.15, -0.1) is 0 Å². The first-order valence-electron chi connectivity index (χ1n) is 9.13. The lowest BCUT2D eigenvalue weighted by atomic mass is 10.1. The van der Waals surface area contributed by atoms with E-state index in [1.54, 1.807) is 31.1 Å². The van der Waals surface area contributed by atoms with Gasteiger partial charge in [-0.3, -0.25) is 10.1 Å². The van der Waals surface area contributed by atoms with E-state index in [0.717, 1.165) is 55.8 Å². The highest BCUT2D eigenvalue weighted by Crippen LogP contribution is 2.33. The van der Waals surface area contributed by atoms with Crippen LogP contribution in [0.5, 0.6) is 0 Å². The normalized spacial score (nSPS) is 11.4. The number of H-pyrrole nitrogens is 2. The molecule has 0 bridgehead atoms. The van der Waals surface area contributed by atoms with Crippen LogP contribution >= 0.6 is 0 Å². The number of rotatable bonds is 3. The van der Waals surface area contributed by atoms with Gasteiger partial charge in [-0.2, -0.15) is 5.10 Å². The number of pyridine rings is 3. The molecule has 0 aliphatic rings. The third-order valence-corrected chi connectivity index (χ3v) is 5.00. The summed E-state index contributed by atoms with van der Waals surface area (Å²) < 4.78 is 5.25. The quantitative estimate of drug-likeness (QED) is 0.460. The van der Waals surface area contributed by atoms with Crippen molar-refractivity contribution in [2.24, 2.45) is 0 Å². The summed E-state index contributed by atoms with van der Waals surface area (Å²) in [4.78, 5) is 16.8. The predicted octanol–water partition coefficient (Wildman–Crippen LogP) is 4.82. The van der Waals surface area contributed by atoms with E-state index in [0.29, 0.717) is 0 Å². The Bertz CT molecular complexity index is 1450. The summed E-state index contributed by atoms with van der Waals surface area (Å²) in [5, 5.41) is 8.59. The molecule has 0 atom stereocenters. The Hall–Kier alpha value is -4.26. The Kier molecular flexibility index (Phi) is 3.33. The predicted molar refractivity (Wildman–Crippen MR) is 110 cm³/mol. The van der Waals surface area contributed by atoms with Crippen molar-refractivity contribution >= 4 is 22.1 Å². The van der Waals surface area contributed by atoms with Crippen molar-refractivity contribution in [1.29, 1.82) is 0 Å². The molecule has 0 saturated heterocycles. The van der Waals surface area contributed by atoms with E-state index in [1.165, 1.54) is 0 Å². The Morgan fingerprint density at radius 2 is 1.83 bits per heavy atom. The number of nitrogens with one attached hydrogen (secondary N) is 2. The molecule has 0 aliphatic heterocycles. The van der Waals surface area contributed by atoms with Gasteiger partial charge in [0.1, 0.15) is 16.9 Å². The molecule has 6 rings (SSSR count). The smallest absolute Gasteiger partial charge is 0.138 e. The zero-order valence-corrected chi connectivity index (χ0v) is 15.1.